The molecule has 5 atom stereocenters. The first-order valence-electron chi connectivity index (χ1n) is 14.4. The second kappa shape index (κ2) is 11.9. The Hall–Kier alpha value is -3.36. The van der Waals surface area contributed by atoms with E-state index < -0.39 is 22.6 Å². The van der Waals surface area contributed by atoms with E-state index in [2.05, 4.69) is 13.2 Å². The van der Waals surface area contributed by atoms with E-state index in [1.807, 2.05) is 62.4 Å². The molecule has 41 heavy (non-hydrogen) atoms. The van der Waals surface area contributed by atoms with Crippen molar-refractivity contribution in [1.29, 1.82) is 0 Å². The summed E-state index contributed by atoms with van der Waals surface area (Å²) in [6, 6.07) is 14.7. The van der Waals surface area contributed by atoms with Crippen LogP contribution in [0.1, 0.15) is 30.4 Å². The first kappa shape index (κ1) is 29.1. The lowest BCUT2D eigenvalue weighted by molar-refractivity contribution is -0.139. The lowest BCUT2D eigenvalue weighted by atomic mass is 9.70. The van der Waals surface area contributed by atoms with Gasteiger partial charge >= 0.3 is 0 Å². The summed E-state index contributed by atoms with van der Waals surface area (Å²) in [7, 11) is 0. The lowest BCUT2D eigenvalue weighted by Gasteiger charge is -2.38. The van der Waals surface area contributed by atoms with Crippen molar-refractivity contribution < 1.29 is 19.5 Å². The summed E-state index contributed by atoms with van der Waals surface area (Å²) in [6.45, 7) is 12.6. The monoisotopic (exact) mass is 573 g/mol. The Morgan fingerprint density at radius 2 is 1.68 bits per heavy atom. The van der Waals surface area contributed by atoms with Crippen LogP contribution in [0.25, 0.3) is 0 Å². The van der Waals surface area contributed by atoms with Crippen LogP contribution in [-0.2, 0) is 14.4 Å². The summed E-state index contributed by atoms with van der Waals surface area (Å²) < 4.78 is -0.707. The van der Waals surface area contributed by atoms with Crippen LogP contribution in [0.4, 0.5) is 11.4 Å². The zero-order valence-electron chi connectivity index (χ0n) is 23.9. The number of likely N-dealkylation sites (tertiary alicyclic amines) is 1. The quantitative estimate of drug-likeness (QED) is 0.400. The summed E-state index contributed by atoms with van der Waals surface area (Å²) >= 11 is 1.66. The fraction of sp³-hybridized carbons (Fsp3) is 0.424. The minimum absolute atomic E-state index is 0.0455. The van der Waals surface area contributed by atoms with Crippen molar-refractivity contribution in [3.63, 3.8) is 0 Å². The van der Waals surface area contributed by atoms with Gasteiger partial charge in [0.1, 0.15) is 6.04 Å². The predicted molar refractivity (Wildman–Crippen MR) is 165 cm³/mol. The number of aliphatic hydroxyl groups is 1. The van der Waals surface area contributed by atoms with Crippen LogP contribution in [0.15, 0.2) is 73.8 Å². The summed E-state index contributed by atoms with van der Waals surface area (Å²) in [6.07, 6.45) is 5.24. The molecule has 8 heteroatoms. The zero-order valence-corrected chi connectivity index (χ0v) is 24.7. The molecule has 3 fully saturated rings. The number of aryl methyl sites for hydroxylation is 2. The highest BCUT2D eigenvalue weighted by atomic mass is 32.2. The average molecular weight is 574 g/mol. The average Bonchev–Trinajstić information content (AvgIpc) is 3.61. The summed E-state index contributed by atoms with van der Waals surface area (Å²) in [5.41, 5.74) is 3.54. The van der Waals surface area contributed by atoms with Gasteiger partial charge in [-0.1, -0.05) is 48.6 Å². The van der Waals surface area contributed by atoms with Crippen LogP contribution >= 0.6 is 11.8 Å². The first-order chi connectivity index (χ1) is 19.8. The molecular formula is C33H39N3O4S. The fourth-order valence-electron chi connectivity index (χ4n) is 7.23. The molecule has 3 heterocycles. The number of para-hydroxylation sites is 2. The molecule has 3 saturated heterocycles. The minimum Gasteiger partial charge on any atom is -0.396 e. The third-order valence-corrected chi connectivity index (χ3v) is 10.8. The number of hydrogen-bond donors (Lipinski definition) is 1. The van der Waals surface area contributed by atoms with E-state index in [9.17, 15) is 19.5 Å². The third-order valence-electron chi connectivity index (χ3n) is 8.81. The largest absolute Gasteiger partial charge is 0.396 e. The van der Waals surface area contributed by atoms with Crippen molar-refractivity contribution in [1.82, 2.24) is 4.90 Å². The number of anilines is 2. The number of aliphatic hydroxyl groups excluding tert-OH is 1. The number of nitrogens with zero attached hydrogens (tertiary/aromatic N) is 3. The summed E-state index contributed by atoms with van der Waals surface area (Å²) in [5, 5.41) is 9.65. The van der Waals surface area contributed by atoms with Crippen LogP contribution < -0.4 is 9.80 Å². The maximum atomic E-state index is 14.7. The Balaban J connectivity index is 1.57. The fourth-order valence-corrected chi connectivity index (χ4v) is 9.44. The van der Waals surface area contributed by atoms with E-state index in [4.69, 9.17) is 0 Å². The van der Waals surface area contributed by atoms with Gasteiger partial charge in [0.15, 0.2) is 0 Å². The number of amides is 3. The van der Waals surface area contributed by atoms with Gasteiger partial charge in [-0.05, 0) is 56.4 Å². The molecule has 3 aliphatic rings. The molecule has 2 aromatic rings. The Morgan fingerprint density at radius 3 is 2.32 bits per heavy atom. The van der Waals surface area contributed by atoms with Gasteiger partial charge in [-0.25, -0.2) is 0 Å². The molecule has 3 amide bonds. The zero-order chi connectivity index (χ0) is 29.3. The Morgan fingerprint density at radius 1 is 1.02 bits per heavy atom. The third kappa shape index (κ3) is 4.81. The van der Waals surface area contributed by atoms with Crippen LogP contribution in [-0.4, -0.2) is 70.0 Å². The van der Waals surface area contributed by atoms with Gasteiger partial charge in [-0.15, -0.1) is 24.9 Å². The van der Waals surface area contributed by atoms with E-state index in [0.29, 0.717) is 25.9 Å². The normalized spacial score (nSPS) is 26.1. The molecule has 1 spiro atoms. The molecular weight excluding hydrogens is 534 g/mol. The number of carbonyl (C=O) groups is 3. The van der Waals surface area contributed by atoms with Crippen molar-refractivity contribution >= 4 is 40.9 Å². The topological polar surface area (TPSA) is 81.2 Å². The SMILES string of the molecule is C=CCN(C(=O)[C@@H]1[C@H]2C(=O)N(CCCO)C(C(=O)N(CC=C)c3c(C)cccc3C)C23CC[C@H]1S3)c1ccccc1. The summed E-state index contributed by atoms with van der Waals surface area (Å²) in [5.74, 6) is -1.55. The Bertz CT molecular complexity index is 1330. The molecule has 2 unspecified atom stereocenters. The molecule has 216 valence electrons. The van der Waals surface area contributed by atoms with Crippen LogP contribution in [0.3, 0.4) is 0 Å². The second-order valence-corrected chi connectivity index (χ2v) is 12.8. The molecule has 2 bridgehead atoms. The van der Waals surface area contributed by atoms with Gasteiger partial charge in [-0.2, -0.15) is 0 Å². The smallest absolute Gasteiger partial charge is 0.251 e. The second-order valence-electron chi connectivity index (χ2n) is 11.2. The highest BCUT2D eigenvalue weighted by molar-refractivity contribution is 8.02. The van der Waals surface area contributed by atoms with Crippen molar-refractivity contribution in [3.8, 4) is 0 Å². The maximum absolute atomic E-state index is 14.7. The van der Waals surface area contributed by atoms with Gasteiger partial charge in [0, 0.05) is 42.9 Å². The summed E-state index contributed by atoms with van der Waals surface area (Å²) in [4.78, 5) is 48.5. The molecule has 0 aliphatic carbocycles. The molecule has 7 nitrogen and oxygen atoms in total. The van der Waals surface area contributed by atoms with E-state index in [0.717, 1.165) is 28.9 Å². The predicted octanol–water partition coefficient (Wildman–Crippen LogP) is 4.52. The lowest BCUT2D eigenvalue weighted by Crippen LogP contribution is -2.55. The number of benzene rings is 2. The van der Waals surface area contributed by atoms with Gasteiger partial charge in [0.05, 0.1) is 16.6 Å². The Labute approximate surface area is 246 Å². The van der Waals surface area contributed by atoms with E-state index in [-0.39, 0.29) is 36.1 Å². The van der Waals surface area contributed by atoms with Crippen LogP contribution in [0.5, 0.6) is 0 Å². The van der Waals surface area contributed by atoms with Gasteiger partial charge in [-0.3, -0.25) is 14.4 Å². The number of thioether (sulfide) groups is 1. The number of fused-ring (bicyclic) bond motifs is 1. The molecule has 0 aromatic heterocycles. The van der Waals surface area contributed by atoms with E-state index in [1.54, 1.807) is 38.6 Å². The Kier molecular flexibility index (Phi) is 8.43. The molecule has 3 aliphatic heterocycles. The molecule has 0 radical (unpaired) electrons. The van der Waals surface area contributed by atoms with Crippen LogP contribution in [0, 0.1) is 25.7 Å². The molecule has 1 N–H and O–H groups in total. The van der Waals surface area contributed by atoms with Gasteiger partial charge < -0.3 is 19.8 Å². The van der Waals surface area contributed by atoms with Gasteiger partial charge in [0.25, 0.3) is 5.91 Å². The van der Waals surface area contributed by atoms with Crippen molar-refractivity contribution in [3.05, 3.63) is 85.0 Å². The first-order valence-corrected chi connectivity index (χ1v) is 15.2. The molecule has 2 aromatic carbocycles. The highest BCUT2D eigenvalue weighted by Gasteiger charge is 2.74. The molecule has 0 saturated carbocycles. The van der Waals surface area contributed by atoms with Crippen LogP contribution in [0.2, 0.25) is 0 Å². The van der Waals surface area contributed by atoms with Crippen molar-refractivity contribution in [2.24, 2.45) is 11.8 Å². The van der Waals surface area contributed by atoms with Gasteiger partial charge in [0.2, 0.25) is 11.8 Å². The molecule has 5 rings (SSSR count). The van der Waals surface area contributed by atoms with E-state index in [1.165, 1.54) is 0 Å². The minimum atomic E-state index is -0.733. The maximum Gasteiger partial charge on any atom is 0.251 e. The highest BCUT2D eigenvalue weighted by Crippen LogP contribution is 2.67. The number of hydrogen-bond acceptors (Lipinski definition) is 5. The standard InChI is InChI=1S/C33H39N3O4S/c1-5-18-34(24-14-8-7-9-15-24)30(38)26-25-16-17-33(41-25)27(26)31(39)36(20-11-21-37)29(33)32(40)35(19-6-2)28-22(3)12-10-13-23(28)4/h5-10,12-15,25-27,29,37H,1-2,11,16-21H2,3-4H3/t25-,26+,27+,29?,33?/m1/s1. The number of rotatable bonds is 11. The van der Waals surface area contributed by atoms with E-state index >= 15 is 0 Å². The number of carbonyl (C=O) groups excluding carboxylic acids is 3. The van der Waals surface area contributed by atoms with Crippen molar-refractivity contribution in [2.75, 3.05) is 36.0 Å². The van der Waals surface area contributed by atoms with Crippen molar-refractivity contribution in [2.45, 2.75) is 49.1 Å².